The number of pyridine rings is 1. The molecule has 0 saturated heterocycles. The number of hydrogen-bond acceptors (Lipinski definition) is 4. The molecule has 0 radical (unpaired) electrons. The monoisotopic (exact) mass is 348 g/mol. The molecule has 2 N–H and O–H groups in total. The molecule has 1 unspecified atom stereocenters. The van der Waals surface area contributed by atoms with Gasteiger partial charge in [-0.2, -0.15) is 0 Å². The maximum absolute atomic E-state index is 11.8. The van der Waals surface area contributed by atoms with E-state index in [0.717, 1.165) is 11.3 Å². The van der Waals surface area contributed by atoms with Crippen LogP contribution in [0.15, 0.2) is 46.9 Å². The minimum Gasteiger partial charge on any atom is -0.444 e. The molecule has 1 heterocycles. The minimum absolute atomic E-state index is 0.0952. The van der Waals surface area contributed by atoms with Crippen LogP contribution in [0.1, 0.15) is 41.0 Å². The van der Waals surface area contributed by atoms with Crippen LogP contribution < -0.4 is 10.9 Å². The van der Waals surface area contributed by atoms with E-state index in [1.807, 2.05) is 26.0 Å². The van der Waals surface area contributed by atoms with Crippen molar-refractivity contribution in [2.24, 2.45) is 0 Å². The molecule has 1 aromatic heterocycles. The fraction of sp³-hybridized carbons (Fsp3) is 0.474. The standard InChI is InChI=1S/C19H28N2O4/c1-14(9-10-15(2)21-11-7-6-8-17(21)23)12-16(13-22)20-18(24)25-19(3,4)5/h6-11,16,22H,12-13H2,1-5H3,(H,20,24)/b14-9+,15-10+. The zero-order valence-corrected chi connectivity index (χ0v) is 15.6. The van der Waals surface area contributed by atoms with E-state index < -0.39 is 17.7 Å². The Kier molecular flexibility index (Phi) is 7.64. The summed E-state index contributed by atoms with van der Waals surface area (Å²) >= 11 is 0. The van der Waals surface area contributed by atoms with Crippen molar-refractivity contribution in [1.29, 1.82) is 0 Å². The summed E-state index contributed by atoms with van der Waals surface area (Å²) < 4.78 is 6.74. The van der Waals surface area contributed by atoms with Gasteiger partial charge in [-0.15, -0.1) is 0 Å². The van der Waals surface area contributed by atoms with Gasteiger partial charge in [-0.25, -0.2) is 4.79 Å². The first kappa shape index (κ1) is 20.7. The number of aromatic nitrogens is 1. The van der Waals surface area contributed by atoms with Crippen LogP contribution in [0.2, 0.25) is 0 Å². The van der Waals surface area contributed by atoms with Gasteiger partial charge in [0, 0.05) is 18.0 Å². The molecule has 1 rings (SSSR count). The van der Waals surface area contributed by atoms with E-state index in [-0.39, 0.29) is 12.2 Å². The molecule has 0 spiro atoms. The first-order chi connectivity index (χ1) is 11.6. The van der Waals surface area contributed by atoms with Crippen molar-refractivity contribution in [3.8, 4) is 0 Å². The number of carbonyl (C=O) groups excluding carboxylic acids is 1. The normalized spacial score (nSPS) is 14.2. The third-order valence-electron chi connectivity index (χ3n) is 3.32. The zero-order valence-electron chi connectivity index (χ0n) is 15.6. The molecule has 6 heteroatoms. The van der Waals surface area contributed by atoms with Gasteiger partial charge in [-0.1, -0.05) is 17.7 Å². The van der Waals surface area contributed by atoms with E-state index >= 15 is 0 Å². The van der Waals surface area contributed by atoms with Crippen molar-refractivity contribution >= 4 is 11.8 Å². The van der Waals surface area contributed by atoms with E-state index in [1.165, 1.54) is 6.07 Å². The van der Waals surface area contributed by atoms with Crippen LogP contribution in [-0.2, 0) is 4.74 Å². The molecule has 0 saturated carbocycles. The van der Waals surface area contributed by atoms with Crippen molar-refractivity contribution < 1.29 is 14.6 Å². The van der Waals surface area contributed by atoms with Crippen molar-refractivity contribution in [1.82, 2.24) is 9.88 Å². The Bertz CT molecular complexity index is 696. The van der Waals surface area contributed by atoms with E-state index in [9.17, 15) is 14.7 Å². The lowest BCUT2D eigenvalue weighted by Crippen LogP contribution is -2.41. The van der Waals surface area contributed by atoms with Gasteiger partial charge in [0.15, 0.2) is 0 Å². The molecule has 0 fully saturated rings. The topological polar surface area (TPSA) is 80.6 Å². The highest BCUT2D eigenvalue weighted by atomic mass is 16.6. The van der Waals surface area contributed by atoms with Gasteiger partial charge in [0.25, 0.3) is 5.56 Å². The highest BCUT2D eigenvalue weighted by Gasteiger charge is 2.19. The van der Waals surface area contributed by atoms with Crippen LogP contribution in [0, 0.1) is 0 Å². The summed E-state index contributed by atoms with van der Waals surface area (Å²) in [5.74, 6) is 0. The molecule has 0 bridgehead atoms. The second kappa shape index (κ2) is 9.22. The molecular formula is C19H28N2O4. The van der Waals surface area contributed by atoms with Gasteiger partial charge in [0.05, 0.1) is 12.6 Å². The first-order valence-electron chi connectivity index (χ1n) is 8.25. The van der Waals surface area contributed by atoms with Crippen molar-refractivity contribution in [2.75, 3.05) is 6.61 Å². The lowest BCUT2D eigenvalue weighted by molar-refractivity contribution is 0.0483. The van der Waals surface area contributed by atoms with E-state index in [4.69, 9.17) is 4.74 Å². The molecule has 1 atom stereocenters. The fourth-order valence-corrected chi connectivity index (χ4v) is 2.15. The Morgan fingerprint density at radius 3 is 2.56 bits per heavy atom. The molecule has 138 valence electrons. The van der Waals surface area contributed by atoms with E-state index in [0.29, 0.717) is 6.42 Å². The van der Waals surface area contributed by atoms with Gasteiger partial charge in [0.2, 0.25) is 0 Å². The molecule has 0 aliphatic heterocycles. The van der Waals surface area contributed by atoms with Crippen LogP contribution >= 0.6 is 0 Å². The number of aliphatic hydroxyl groups excluding tert-OH is 1. The maximum Gasteiger partial charge on any atom is 0.407 e. The number of nitrogens with zero attached hydrogens (tertiary/aromatic N) is 1. The van der Waals surface area contributed by atoms with E-state index in [2.05, 4.69) is 5.32 Å². The predicted molar refractivity (Wildman–Crippen MR) is 99.3 cm³/mol. The lowest BCUT2D eigenvalue weighted by atomic mass is 10.1. The summed E-state index contributed by atoms with van der Waals surface area (Å²) in [5, 5.41) is 12.1. The second-order valence-corrected chi connectivity index (χ2v) is 6.96. The average Bonchev–Trinajstić information content (AvgIpc) is 2.50. The van der Waals surface area contributed by atoms with Crippen LogP contribution in [0.3, 0.4) is 0 Å². The van der Waals surface area contributed by atoms with Gasteiger partial charge in [-0.3, -0.25) is 9.36 Å². The van der Waals surface area contributed by atoms with E-state index in [1.54, 1.807) is 43.7 Å². The molecule has 0 aliphatic carbocycles. The largest absolute Gasteiger partial charge is 0.444 e. The van der Waals surface area contributed by atoms with Crippen molar-refractivity contribution in [3.05, 3.63) is 52.5 Å². The molecular weight excluding hydrogens is 320 g/mol. The molecule has 1 aromatic rings. The zero-order chi connectivity index (χ0) is 19.0. The summed E-state index contributed by atoms with van der Waals surface area (Å²) in [4.78, 5) is 23.6. The molecule has 0 aliphatic rings. The van der Waals surface area contributed by atoms with Gasteiger partial charge in [-0.05, 0) is 53.2 Å². The summed E-state index contributed by atoms with van der Waals surface area (Å²) in [7, 11) is 0. The summed E-state index contributed by atoms with van der Waals surface area (Å²) in [5.41, 5.74) is 1.06. The number of ether oxygens (including phenoxy) is 1. The number of alkyl carbamates (subject to hydrolysis) is 1. The molecule has 6 nitrogen and oxygen atoms in total. The van der Waals surface area contributed by atoms with Gasteiger partial charge in [0.1, 0.15) is 5.60 Å². The van der Waals surface area contributed by atoms with Crippen LogP contribution in [-0.4, -0.2) is 34.0 Å². The van der Waals surface area contributed by atoms with Gasteiger partial charge >= 0.3 is 6.09 Å². The Balaban J connectivity index is 2.72. The third kappa shape index (κ3) is 7.85. The summed E-state index contributed by atoms with van der Waals surface area (Å²) in [6.07, 6.45) is 5.33. The first-order valence-corrected chi connectivity index (χ1v) is 8.25. The lowest BCUT2D eigenvalue weighted by Gasteiger charge is -2.22. The number of allylic oxidation sites excluding steroid dienone is 3. The number of hydrogen-bond donors (Lipinski definition) is 2. The Morgan fingerprint density at radius 1 is 1.32 bits per heavy atom. The fourth-order valence-electron chi connectivity index (χ4n) is 2.15. The highest BCUT2D eigenvalue weighted by molar-refractivity contribution is 5.68. The summed E-state index contributed by atoms with van der Waals surface area (Å²) in [6.45, 7) is 8.90. The number of amides is 1. The number of rotatable bonds is 6. The molecule has 0 aromatic carbocycles. The Labute approximate surface area is 148 Å². The average molecular weight is 348 g/mol. The second-order valence-electron chi connectivity index (χ2n) is 6.96. The minimum atomic E-state index is -0.586. The summed E-state index contributed by atoms with van der Waals surface area (Å²) in [6, 6.07) is 4.56. The van der Waals surface area contributed by atoms with Crippen LogP contribution in [0.25, 0.3) is 5.70 Å². The van der Waals surface area contributed by atoms with Crippen LogP contribution in [0.5, 0.6) is 0 Å². The smallest absolute Gasteiger partial charge is 0.407 e. The number of nitrogens with one attached hydrogen (secondary N) is 1. The number of carbonyl (C=O) groups is 1. The quantitative estimate of drug-likeness (QED) is 0.775. The maximum atomic E-state index is 11.8. The van der Waals surface area contributed by atoms with Crippen molar-refractivity contribution in [2.45, 2.75) is 52.7 Å². The predicted octanol–water partition coefficient (Wildman–Crippen LogP) is 2.93. The number of aliphatic hydroxyl groups is 1. The van der Waals surface area contributed by atoms with Gasteiger partial charge < -0.3 is 15.2 Å². The Hall–Kier alpha value is -2.34. The van der Waals surface area contributed by atoms with Crippen molar-refractivity contribution in [3.63, 3.8) is 0 Å². The Morgan fingerprint density at radius 2 is 2.00 bits per heavy atom. The third-order valence-corrected chi connectivity index (χ3v) is 3.32. The van der Waals surface area contributed by atoms with Crippen LogP contribution in [0.4, 0.5) is 4.79 Å². The highest BCUT2D eigenvalue weighted by Crippen LogP contribution is 2.10. The molecule has 25 heavy (non-hydrogen) atoms. The molecule has 1 amide bonds. The SMILES string of the molecule is C/C(=C\C=C(/C)n1ccccc1=O)CC(CO)NC(=O)OC(C)(C)C.